The SMILES string of the molecule is Nc1ncc(C(F)F)c(N)c1N. The van der Waals surface area contributed by atoms with E-state index in [1.165, 1.54) is 0 Å². The molecule has 1 aromatic rings. The van der Waals surface area contributed by atoms with Crippen LogP contribution in [-0.4, -0.2) is 4.98 Å². The third-order valence-electron chi connectivity index (χ3n) is 1.45. The second-order valence-corrected chi connectivity index (χ2v) is 2.23. The van der Waals surface area contributed by atoms with E-state index < -0.39 is 6.43 Å². The van der Waals surface area contributed by atoms with Crippen LogP contribution in [0.2, 0.25) is 0 Å². The first kappa shape index (κ1) is 8.51. The van der Waals surface area contributed by atoms with Gasteiger partial charge in [0.1, 0.15) is 5.82 Å². The van der Waals surface area contributed by atoms with Crippen LogP contribution in [0, 0.1) is 0 Å². The highest BCUT2D eigenvalue weighted by Crippen LogP contribution is 2.30. The molecule has 0 aromatic carbocycles. The highest BCUT2D eigenvalue weighted by molar-refractivity contribution is 5.76. The molecule has 0 saturated carbocycles. The van der Waals surface area contributed by atoms with Gasteiger partial charge < -0.3 is 17.2 Å². The summed E-state index contributed by atoms with van der Waals surface area (Å²) < 4.78 is 24.2. The Morgan fingerprint density at radius 1 is 1.17 bits per heavy atom. The summed E-state index contributed by atoms with van der Waals surface area (Å²) >= 11 is 0. The molecule has 1 heterocycles. The first-order valence-corrected chi connectivity index (χ1v) is 3.11. The highest BCUT2D eigenvalue weighted by atomic mass is 19.3. The Labute approximate surface area is 67.4 Å². The maximum atomic E-state index is 12.1. The summed E-state index contributed by atoms with van der Waals surface area (Å²) in [5, 5.41) is 0. The minimum absolute atomic E-state index is 0.0306. The van der Waals surface area contributed by atoms with Gasteiger partial charge in [-0.15, -0.1) is 0 Å². The Morgan fingerprint density at radius 3 is 2.25 bits per heavy atom. The number of rotatable bonds is 1. The molecule has 0 amide bonds. The zero-order valence-electron chi connectivity index (χ0n) is 6.09. The van der Waals surface area contributed by atoms with E-state index in [-0.39, 0.29) is 22.8 Å². The Morgan fingerprint density at radius 2 is 1.75 bits per heavy atom. The Hall–Kier alpha value is -1.59. The molecule has 0 aliphatic carbocycles. The van der Waals surface area contributed by atoms with Gasteiger partial charge in [-0.3, -0.25) is 0 Å². The van der Waals surface area contributed by atoms with Gasteiger partial charge in [-0.05, 0) is 0 Å². The summed E-state index contributed by atoms with van der Waals surface area (Å²) in [6.07, 6.45) is -1.76. The molecule has 0 fully saturated rings. The van der Waals surface area contributed by atoms with Crippen LogP contribution in [0.3, 0.4) is 0 Å². The van der Waals surface area contributed by atoms with Crippen molar-refractivity contribution < 1.29 is 8.78 Å². The number of pyridine rings is 1. The summed E-state index contributed by atoms with van der Waals surface area (Å²) in [6, 6.07) is 0. The lowest BCUT2D eigenvalue weighted by atomic mass is 10.2. The van der Waals surface area contributed by atoms with Crippen LogP contribution in [0.5, 0.6) is 0 Å². The van der Waals surface area contributed by atoms with Crippen LogP contribution in [0.15, 0.2) is 6.20 Å². The predicted molar refractivity (Wildman–Crippen MR) is 42.4 cm³/mol. The van der Waals surface area contributed by atoms with Gasteiger partial charge in [-0.1, -0.05) is 0 Å². The molecule has 0 spiro atoms. The van der Waals surface area contributed by atoms with Crippen LogP contribution in [-0.2, 0) is 0 Å². The summed E-state index contributed by atoms with van der Waals surface area (Å²) in [4.78, 5) is 3.45. The highest BCUT2D eigenvalue weighted by Gasteiger charge is 2.15. The number of nitrogens with zero attached hydrogens (tertiary/aromatic N) is 1. The summed E-state index contributed by atoms with van der Waals surface area (Å²) in [7, 11) is 0. The van der Waals surface area contributed by atoms with Crippen molar-refractivity contribution in [2.24, 2.45) is 0 Å². The standard InChI is InChI=1S/C6H8F2N4/c7-5(8)2-1-12-6(11)4(10)3(2)9/h1,5H,10H2,(H4,9,11,12). The number of hydrogen-bond donors (Lipinski definition) is 3. The third-order valence-corrected chi connectivity index (χ3v) is 1.45. The molecule has 0 atom stereocenters. The van der Waals surface area contributed by atoms with E-state index in [0.717, 1.165) is 6.20 Å². The maximum Gasteiger partial charge on any atom is 0.267 e. The van der Waals surface area contributed by atoms with Crippen LogP contribution >= 0.6 is 0 Å². The molecule has 12 heavy (non-hydrogen) atoms. The van der Waals surface area contributed by atoms with Crippen molar-refractivity contribution in [2.45, 2.75) is 6.43 Å². The molecule has 0 radical (unpaired) electrons. The fourth-order valence-corrected chi connectivity index (χ4v) is 0.746. The third kappa shape index (κ3) is 1.23. The Balaban J connectivity index is 3.27. The second kappa shape index (κ2) is 2.80. The Bertz CT molecular complexity index is 300. The van der Waals surface area contributed by atoms with E-state index in [9.17, 15) is 8.78 Å². The van der Waals surface area contributed by atoms with Crippen molar-refractivity contribution in [2.75, 3.05) is 17.2 Å². The van der Waals surface area contributed by atoms with Gasteiger partial charge in [0, 0.05) is 6.20 Å². The summed E-state index contributed by atoms with van der Waals surface area (Å²) in [5.74, 6) is -0.0306. The average molecular weight is 174 g/mol. The summed E-state index contributed by atoms with van der Waals surface area (Å²) in [5.41, 5.74) is 15.1. The number of halogens is 2. The minimum atomic E-state index is -2.68. The maximum absolute atomic E-state index is 12.1. The number of aromatic nitrogens is 1. The number of nitrogens with two attached hydrogens (primary N) is 3. The Kier molecular flexibility index (Phi) is 1.99. The van der Waals surface area contributed by atoms with Gasteiger partial charge in [0.15, 0.2) is 0 Å². The first-order chi connectivity index (χ1) is 5.54. The minimum Gasteiger partial charge on any atom is -0.397 e. The number of hydrogen-bond acceptors (Lipinski definition) is 4. The van der Waals surface area contributed by atoms with E-state index in [1.807, 2.05) is 0 Å². The van der Waals surface area contributed by atoms with Crippen LogP contribution in [0.25, 0.3) is 0 Å². The fourth-order valence-electron chi connectivity index (χ4n) is 0.746. The lowest BCUT2D eigenvalue weighted by Crippen LogP contribution is -2.05. The zero-order chi connectivity index (χ0) is 9.30. The van der Waals surface area contributed by atoms with Gasteiger partial charge in [0.05, 0.1) is 16.9 Å². The van der Waals surface area contributed by atoms with Crippen molar-refractivity contribution in [1.29, 1.82) is 0 Å². The van der Waals surface area contributed by atoms with E-state index >= 15 is 0 Å². The first-order valence-electron chi connectivity index (χ1n) is 3.11. The fraction of sp³-hybridized carbons (Fsp3) is 0.167. The van der Waals surface area contributed by atoms with Crippen molar-refractivity contribution >= 4 is 17.2 Å². The van der Waals surface area contributed by atoms with Crippen molar-refractivity contribution in [1.82, 2.24) is 4.98 Å². The second-order valence-electron chi connectivity index (χ2n) is 2.23. The molecule has 1 rings (SSSR count). The lowest BCUT2D eigenvalue weighted by molar-refractivity contribution is 0.152. The quantitative estimate of drug-likeness (QED) is 0.586. The van der Waals surface area contributed by atoms with E-state index in [0.29, 0.717) is 0 Å². The molecule has 66 valence electrons. The number of anilines is 3. The topological polar surface area (TPSA) is 90.9 Å². The summed E-state index contributed by atoms with van der Waals surface area (Å²) in [6.45, 7) is 0. The van der Waals surface area contributed by atoms with Gasteiger partial charge >= 0.3 is 0 Å². The molecule has 0 unspecified atom stereocenters. The lowest BCUT2D eigenvalue weighted by Gasteiger charge is -2.07. The van der Waals surface area contributed by atoms with Gasteiger partial charge in [0.25, 0.3) is 6.43 Å². The molecule has 1 aromatic heterocycles. The molecule has 4 nitrogen and oxygen atoms in total. The van der Waals surface area contributed by atoms with Crippen molar-refractivity contribution in [3.63, 3.8) is 0 Å². The number of nitrogen functional groups attached to an aromatic ring is 3. The van der Waals surface area contributed by atoms with Crippen molar-refractivity contribution in [3.05, 3.63) is 11.8 Å². The molecule has 6 heteroatoms. The number of alkyl halides is 2. The monoisotopic (exact) mass is 174 g/mol. The van der Waals surface area contributed by atoms with Crippen LogP contribution in [0.1, 0.15) is 12.0 Å². The molecule has 0 saturated heterocycles. The average Bonchev–Trinajstić information content (AvgIpc) is 2.00. The molecule has 0 aliphatic heterocycles. The largest absolute Gasteiger partial charge is 0.397 e. The van der Waals surface area contributed by atoms with Gasteiger partial charge in [-0.25, -0.2) is 13.8 Å². The molecule has 0 bridgehead atoms. The van der Waals surface area contributed by atoms with Crippen molar-refractivity contribution in [3.8, 4) is 0 Å². The molecular formula is C6H8F2N4. The van der Waals surface area contributed by atoms with E-state index in [1.54, 1.807) is 0 Å². The normalized spacial score (nSPS) is 10.6. The van der Waals surface area contributed by atoms with Crippen LogP contribution < -0.4 is 17.2 Å². The van der Waals surface area contributed by atoms with Gasteiger partial charge in [-0.2, -0.15) is 0 Å². The molecule has 0 aliphatic rings. The zero-order valence-corrected chi connectivity index (χ0v) is 6.09. The van der Waals surface area contributed by atoms with Crippen LogP contribution in [0.4, 0.5) is 26.0 Å². The molecular weight excluding hydrogens is 166 g/mol. The van der Waals surface area contributed by atoms with E-state index in [2.05, 4.69) is 4.98 Å². The van der Waals surface area contributed by atoms with E-state index in [4.69, 9.17) is 17.2 Å². The smallest absolute Gasteiger partial charge is 0.267 e. The molecule has 6 N–H and O–H groups in total. The van der Waals surface area contributed by atoms with Gasteiger partial charge in [0.2, 0.25) is 0 Å². The predicted octanol–water partition coefficient (Wildman–Crippen LogP) is 0.766.